The van der Waals surface area contributed by atoms with E-state index in [1.165, 1.54) is 11.8 Å². The molecule has 212 valence electrons. The van der Waals surface area contributed by atoms with E-state index in [-0.39, 0.29) is 12.6 Å². The molecule has 0 bridgehead atoms. The van der Waals surface area contributed by atoms with Crippen LogP contribution in [0.1, 0.15) is 46.5 Å². The Morgan fingerprint density at radius 2 is 1.75 bits per heavy atom. The Hall–Kier alpha value is -3.28. The van der Waals surface area contributed by atoms with Crippen LogP contribution in [0.15, 0.2) is 59.6 Å². The molecule has 1 aliphatic carbocycles. The van der Waals surface area contributed by atoms with Crippen LogP contribution in [0.3, 0.4) is 0 Å². The Kier molecular flexibility index (Phi) is 10.3. The molecule has 0 unspecified atom stereocenters. The molecule has 0 amide bonds. The standard InChI is InChI=1S/C32H39N3O4S/c1-32(2,3)39-28(36)22-38-21-24-15-13-23(14-16-24)20-35-30(25-9-6-5-7-10-25)29(31(34-35)40-18-17-33)26-11-8-12-27(19-26)37-4/h5-12,19,23-24H,13-16,18,20-22H2,1-4H3. The molecule has 0 atom stereocenters. The highest BCUT2D eigenvalue weighted by molar-refractivity contribution is 7.99. The number of esters is 1. The SMILES string of the molecule is COc1cccc(-c2c(SCC#N)nn(CC3CCC(COCC(=O)OC(C)(C)C)CC3)c2-c2ccccc2)c1. The summed E-state index contributed by atoms with van der Waals surface area (Å²) in [5.41, 5.74) is 3.73. The van der Waals surface area contributed by atoms with E-state index in [2.05, 4.69) is 29.0 Å². The van der Waals surface area contributed by atoms with Crippen LogP contribution in [0.5, 0.6) is 5.75 Å². The van der Waals surface area contributed by atoms with Gasteiger partial charge in [-0.2, -0.15) is 10.4 Å². The number of hydrogen-bond donors (Lipinski definition) is 0. The smallest absolute Gasteiger partial charge is 0.332 e. The first kappa shape index (κ1) is 29.7. The maximum Gasteiger partial charge on any atom is 0.332 e. The number of carbonyl (C=O) groups is 1. The number of nitrogens with zero attached hydrogens (tertiary/aromatic N) is 3. The van der Waals surface area contributed by atoms with Crippen molar-refractivity contribution in [2.45, 2.75) is 63.6 Å². The third kappa shape index (κ3) is 8.12. The van der Waals surface area contributed by atoms with Crippen molar-refractivity contribution in [2.24, 2.45) is 11.8 Å². The van der Waals surface area contributed by atoms with E-state index in [0.717, 1.165) is 65.4 Å². The van der Waals surface area contributed by atoms with Gasteiger partial charge < -0.3 is 14.2 Å². The van der Waals surface area contributed by atoms with E-state index in [0.29, 0.717) is 24.2 Å². The van der Waals surface area contributed by atoms with Gasteiger partial charge in [-0.15, -0.1) is 0 Å². The molecule has 0 aliphatic heterocycles. The molecule has 0 spiro atoms. The number of nitriles is 1. The molecule has 0 saturated heterocycles. The number of thioether (sulfide) groups is 1. The molecule has 1 saturated carbocycles. The first-order valence-electron chi connectivity index (χ1n) is 13.9. The monoisotopic (exact) mass is 561 g/mol. The third-order valence-electron chi connectivity index (χ3n) is 6.99. The molecule has 0 radical (unpaired) electrons. The van der Waals surface area contributed by atoms with E-state index >= 15 is 0 Å². The molecule has 1 fully saturated rings. The molecule has 8 heteroatoms. The lowest BCUT2D eigenvalue weighted by molar-refractivity contribution is -0.160. The molecule has 1 aliphatic rings. The minimum Gasteiger partial charge on any atom is -0.497 e. The molecule has 4 rings (SSSR count). The lowest BCUT2D eigenvalue weighted by atomic mass is 9.82. The highest BCUT2D eigenvalue weighted by Crippen LogP contribution is 2.41. The van der Waals surface area contributed by atoms with E-state index in [9.17, 15) is 10.1 Å². The van der Waals surface area contributed by atoms with Crippen molar-refractivity contribution in [1.82, 2.24) is 9.78 Å². The van der Waals surface area contributed by atoms with Gasteiger partial charge in [0, 0.05) is 17.7 Å². The van der Waals surface area contributed by atoms with E-state index in [1.54, 1.807) is 7.11 Å². The Labute approximate surface area is 241 Å². The van der Waals surface area contributed by atoms with Crippen molar-refractivity contribution in [2.75, 3.05) is 26.1 Å². The highest BCUT2D eigenvalue weighted by atomic mass is 32.2. The van der Waals surface area contributed by atoms with Crippen molar-refractivity contribution in [3.05, 3.63) is 54.6 Å². The topological polar surface area (TPSA) is 86.4 Å². The fourth-order valence-corrected chi connectivity index (χ4v) is 5.92. The second kappa shape index (κ2) is 13.9. The quantitative estimate of drug-likeness (QED) is 0.184. The molecule has 40 heavy (non-hydrogen) atoms. The second-order valence-corrected chi connectivity index (χ2v) is 12.2. The first-order chi connectivity index (χ1) is 19.3. The summed E-state index contributed by atoms with van der Waals surface area (Å²) >= 11 is 1.47. The van der Waals surface area contributed by atoms with Gasteiger partial charge in [-0.05, 0) is 76.0 Å². The summed E-state index contributed by atoms with van der Waals surface area (Å²) in [5.74, 6) is 1.73. The Morgan fingerprint density at radius 1 is 1.05 bits per heavy atom. The van der Waals surface area contributed by atoms with Gasteiger partial charge in [-0.25, -0.2) is 4.79 Å². The number of ether oxygens (including phenoxy) is 3. The van der Waals surface area contributed by atoms with E-state index < -0.39 is 5.60 Å². The zero-order valence-corrected chi connectivity index (χ0v) is 24.7. The van der Waals surface area contributed by atoms with E-state index in [4.69, 9.17) is 19.3 Å². The highest BCUT2D eigenvalue weighted by Gasteiger charge is 2.27. The summed E-state index contributed by atoms with van der Waals surface area (Å²) in [4.78, 5) is 12.0. The zero-order chi connectivity index (χ0) is 28.5. The third-order valence-corrected chi connectivity index (χ3v) is 7.82. The van der Waals surface area contributed by atoms with Crippen molar-refractivity contribution < 1.29 is 19.0 Å². The number of benzene rings is 2. The van der Waals surface area contributed by atoms with Gasteiger partial charge in [0.1, 0.15) is 23.0 Å². The number of methoxy groups -OCH3 is 1. The molecule has 0 N–H and O–H groups in total. The molecular weight excluding hydrogens is 522 g/mol. The van der Waals surface area contributed by atoms with Crippen LogP contribution < -0.4 is 4.74 Å². The van der Waals surface area contributed by atoms with Crippen LogP contribution >= 0.6 is 11.8 Å². The van der Waals surface area contributed by atoms with Crippen LogP contribution in [0.25, 0.3) is 22.4 Å². The van der Waals surface area contributed by atoms with E-state index in [1.807, 2.05) is 57.2 Å². The fourth-order valence-electron chi connectivity index (χ4n) is 5.21. The summed E-state index contributed by atoms with van der Waals surface area (Å²) in [5, 5.41) is 15.3. The van der Waals surface area contributed by atoms with Gasteiger partial charge in [0.2, 0.25) is 0 Å². The molecule has 1 heterocycles. The lowest BCUT2D eigenvalue weighted by Crippen LogP contribution is -2.28. The summed E-state index contributed by atoms with van der Waals surface area (Å²) < 4.78 is 18.7. The fraction of sp³-hybridized carbons (Fsp3) is 0.469. The van der Waals surface area contributed by atoms with Crippen LogP contribution in [0, 0.1) is 23.2 Å². The maximum absolute atomic E-state index is 12.0. The normalized spacial score (nSPS) is 17.3. The van der Waals surface area contributed by atoms with Crippen molar-refractivity contribution in [3.63, 3.8) is 0 Å². The lowest BCUT2D eigenvalue weighted by Gasteiger charge is -2.29. The number of aromatic nitrogens is 2. The summed E-state index contributed by atoms with van der Waals surface area (Å²) in [6.07, 6.45) is 4.26. The molecule has 7 nitrogen and oxygen atoms in total. The zero-order valence-electron chi connectivity index (χ0n) is 23.9. The van der Waals surface area contributed by atoms with Crippen LogP contribution in [0.4, 0.5) is 0 Å². The largest absolute Gasteiger partial charge is 0.497 e. The van der Waals surface area contributed by atoms with Crippen molar-refractivity contribution in [1.29, 1.82) is 5.26 Å². The Bertz CT molecular complexity index is 1300. The van der Waals surface area contributed by atoms with Crippen LogP contribution in [-0.4, -0.2) is 47.4 Å². The van der Waals surface area contributed by atoms with Gasteiger partial charge in [0.05, 0.1) is 31.2 Å². The summed E-state index contributed by atoms with van der Waals surface area (Å²) in [6.45, 7) is 6.97. The second-order valence-electron chi connectivity index (χ2n) is 11.2. The van der Waals surface area contributed by atoms with Gasteiger partial charge in [0.15, 0.2) is 0 Å². The molecule has 2 aromatic carbocycles. The number of carbonyl (C=O) groups excluding carboxylic acids is 1. The average molecular weight is 562 g/mol. The predicted molar refractivity (Wildman–Crippen MR) is 158 cm³/mol. The van der Waals surface area contributed by atoms with Crippen LogP contribution in [0.2, 0.25) is 0 Å². The number of rotatable bonds is 11. The van der Waals surface area contributed by atoms with Gasteiger partial charge in [0.25, 0.3) is 0 Å². The first-order valence-corrected chi connectivity index (χ1v) is 14.9. The van der Waals surface area contributed by atoms with Crippen molar-refractivity contribution >= 4 is 17.7 Å². The molecule has 3 aromatic rings. The summed E-state index contributed by atoms with van der Waals surface area (Å²) in [7, 11) is 1.67. The number of hydrogen-bond acceptors (Lipinski definition) is 7. The van der Waals surface area contributed by atoms with Gasteiger partial charge >= 0.3 is 5.97 Å². The molecule has 1 aromatic heterocycles. The van der Waals surface area contributed by atoms with Crippen molar-refractivity contribution in [3.8, 4) is 34.2 Å². The minimum absolute atomic E-state index is 0.00110. The van der Waals surface area contributed by atoms with Gasteiger partial charge in [-0.1, -0.05) is 54.2 Å². The Morgan fingerprint density at radius 3 is 2.42 bits per heavy atom. The van der Waals surface area contributed by atoms with Crippen LogP contribution in [-0.2, 0) is 20.8 Å². The van der Waals surface area contributed by atoms with Gasteiger partial charge in [-0.3, -0.25) is 4.68 Å². The maximum atomic E-state index is 12.0. The minimum atomic E-state index is -0.497. The summed E-state index contributed by atoms with van der Waals surface area (Å²) in [6, 6.07) is 20.7. The molecular formula is C32H39N3O4S. The Balaban J connectivity index is 1.51. The predicted octanol–water partition coefficient (Wildman–Crippen LogP) is 7.01. The average Bonchev–Trinajstić information content (AvgIpc) is 3.30.